The number of rotatable bonds is 1. The Morgan fingerprint density at radius 1 is 0.750 bits per heavy atom. The van der Waals surface area contributed by atoms with E-state index in [0.29, 0.717) is 5.92 Å². The van der Waals surface area contributed by atoms with Gasteiger partial charge in [-0.1, -0.05) is 26.7 Å². The fraction of sp³-hybridized carbons (Fsp3) is 1.00. The van der Waals surface area contributed by atoms with Gasteiger partial charge in [0.15, 0.2) is 0 Å². The van der Waals surface area contributed by atoms with Crippen molar-refractivity contribution in [2.75, 3.05) is 0 Å². The van der Waals surface area contributed by atoms with Gasteiger partial charge in [0.1, 0.15) is 12.3 Å². The second-order valence-electron chi connectivity index (χ2n) is 6.13. The van der Waals surface area contributed by atoms with Gasteiger partial charge in [-0.05, 0) is 49.4 Å². The van der Waals surface area contributed by atoms with Crippen LogP contribution >= 0.6 is 0 Å². The minimum Gasteiger partial charge on any atom is -0.244 e. The summed E-state index contributed by atoms with van der Waals surface area (Å²) in [5.41, 5.74) is 0. The predicted molar refractivity (Wildman–Crippen MR) is 62.8 cm³/mol. The lowest BCUT2D eigenvalue weighted by atomic mass is 9.68. The molecule has 2 heteroatoms. The molecule has 0 amide bonds. The third-order valence-electron chi connectivity index (χ3n) is 4.88. The largest absolute Gasteiger partial charge is 0.244 e. The van der Waals surface area contributed by atoms with Gasteiger partial charge in [0.05, 0.1) is 0 Å². The molecule has 0 radical (unpaired) electrons. The molecule has 94 valence electrons. The minimum absolute atomic E-state index is 0.0127. The smallest absolute Gasteiger partial charge is 0.134 e. The lowest BCUT2D eigenvalue weighted by Crippen LogP contribution is -2.41. The first-order valence-electron chi connectivity index (χ1n) is 6.87. The number of halogens is 2. The van der Waals surface area contributed by atoms with Crippen LogP contribution in [0.3, 0.4) is 0 Å². The number of hydrogen-bond acceptors (Lipinski definition) is 0. The lowest BCUT2D eigenvalue weighted by molar-refractivity contribution is -0.00577. The Balaban J connectivity index is 1.94. The highest BCUT2D eigenvalue weighted by atomic mass is 19.2. The molecular weight excluding hydrogens is 206 g/mol. The van der Waals surface area contributed by atoms with E-state index < -0.39 is 12.3 Å². The van der Waals surface area contributed by atoms with Crippen molar-refractivity contribution in [3.05, 3.63) is 0 Å². The van der Waals surface area contributed by atoms with Gasteiger partial charge in [-0.2, -0.15) is 0 Å². The van der Waals surface area contributed by atoms with Crippen LogP contribution in [0.25, 0.3) is 0 Å². The Bertz CT molecular complexity index is 221. The Kier molecular flexibility index (Phi) is 3.86. The van der Waals surface area contributed by atoms with Crippen LogP contribution < -0.4 is 0 Å². The molecule has 4 atom stereocenters. The topological polar surface area (TPSA) is 0 Å². The van der Waals surface area contributed by atoms with Crippen LogP contribution in [0.4, 0.5) is 8.78 Å². The average Bonchev–Trinajstić information content (AvgIpc) is 2.28. The lowest BCUT2D eigenvalue weighted by Gasteiger charge is -2.40. The number of hydrogen-bond donors (Lipinski definition) is 0. The van der Waals surface area contributed by atoms with Gasteiger partial charge in [-0.25, -0.2) is 8.78 Å². The maximum absolute atomic E-state index is 14.0. The van der Waals surface area contributed by atoms with Crippen molar-refractivity contribution in [2.24, 2.45) is 23.7 Å². The normalized spacial score (nSPS) is 50.2. The third-order valence-corrected chi connectivity index (χ3v) is 4.88. The quantitative estimate of drug-likeness (QED) is 0.620. The maximum atomic E-state index is 14.0. The van der Waals surface area contributed by atoms with E-state index in [9.17, 15) is 8.78 Å². The summed E-state index contributed by atoms with van der Waals surface area (Å²) in [7, 11) is 0. The summed E-state index contributed by atoms with van der Waals surface area (Å²) in [6.45, 7) is 4.11. The van der Waals surface area contributed by atoms with Gasteiger partial charge < -0.3 is 0 Å². The molecule has 0 N–H and O–H groups in total. The second kappa shape index (κ2) is 5.01. The van der Waals surface area contributed by atoms with E-state index in [1.165, 1.54) is 12.8 Å². The fourth-order valence-electron chi connectivity index (χ4n) is 3.53. The first-order valence-corrected chi connectivity index (χ1v) is 6.87. The molecule has 2 aliphatic carbocycles. The highest BCUT2D eigenvalue weighted by Gasteiger charge is 2.42. The van der Waals surface area contributed by atoms with Crippen molar-refractivity contribution in [1.29, 1.82) is 0 Å². The average molecular weight is 230 g/mol. The van der Waals surface area contributed by atoms with Crippen molar-refractivity contribution in [3.8, 4) is 0 Å². The van der Waals surface area contributed by atoms with Crippen LogP contribution in [0.1, 0.15) is 52.4 Å². The molecule has 0 aromatic carbocycles. The standard InChI is InChI=1S/C14H24F2/c1-9-3-6-11(7-4-9)12-8-5-10(2)13(15)14(12)16/h9-14H,3-8H2,1-2H3. The highest BCUT2D eigenvalue weighted by Crippen LogP contribution is 2.43. The molecule has 4 unspecified atom stereocenters. The molecule has 2 aliphatic rings. The molecular formula is C14H24F2. The zero-order valence-corrected chi connectivity index (χ0v) is 10.5. The molecule has 0 aromatic rings. The third kappa shape index (κ3) is 2.41. The Labute approximate surface area is 97.8 Å². The molecule has 2 saturated carbocycles. The van der Waals surface area contributed by atoms with E-state index in [0.717, 1.165) is 31.6 Å². The van der Waals surface area contributed by atoms with E-state index in [1.54, 1.807) is 0 Å². The maximum Gasteiger partial charge on any atom is 0.134 e. The van der Waals surface area contributed by atoms with E-state index in [-0.39, 0.29) is 11.8 Å². The predicted octanol–water partition coefficient (Wildman–Crippen LogP) is 4.54. The molecule has 0 spiro atoms. The van der Waals surface area contributed by atoms with E-state index in [1.807, 2.05) is 6.92 Å². The van der Waals surface area contributed by atoms with Crippen LogP contribution in [0.5, 0.6) is 0 Å². The SMILES string of the molecule is CC1CCC(C2CCC(C)C(F)C2F)CC1. The fourth-order valence-corrected chi connectivity index (χ4v) is 3.53. The highest BCUT2D eigenvalue weighted by molar-refractivity contribution is 4.90. The summed E-state index contributed by atoms with van der Waals surface area (Å²) in [6.07, 6.45) is 4.03. The number of alkyl halides is 2. The zero-order chi connectivity index (χ0) is 11.7. The molecule has 0 nitrogen and oxygen atoms in total. The van der Waals surface area contributed by atoms with Gasteiger partial charge in [0, 0.05) is 0 Å². The molecule has 0 heterocycles. The molecule has 2 rings (SSSR count). The van der Waals surface area contributed by atoms with Crippen molar-refractivity contribution >= 4 is 0 Å². The summed E-state index contributed by atoms with van der Waals surface area (Å²) in [5.74, 6) is 1.18. The van der Waals surface area contributed by atoms with Crippen LogP contribution in [0, 0.1) is 23.7 Å². The summed E-state index contributed by atoms with van der Waals surface area (Å²) < 4.78 is 27.7. The van der Waals surface area contributed by atoms with Crippen molar-refractivity contribution < 1.29 is 8.78 Å². The molecule has 0 aliphatic heterocycles. The van der Waals surface area contributed by atoms with Gasteiger partial charge in [0.25, 0.3) is 0 Å². The van der Waals surface area contributed by atoms with Crippen LogP contribution in [-0.2, 0) is 0 Å². The molecule has 0 saturated heterocycles. The molecule has 0 bridgehead atoms. The van der Waals surface area contributed by atoms with Gasteiger partial charge >= 0.3 is 0 Å². The summed E-state index contributed by atoms with van der Waals surface area (Å²) in [5, 5.41) is 0. The van der Waals surface area contributed by atoms with E-state index in [4.69, 9.17) is 0 Å². The second-order valence-corrected chi connectivity index (χ2v) is 6.13. The Morgan fingerprint density at radius 2 is 1.38 bits per heavy atom. The van der Waals surface area contributed by atoms with Gasteiger partial charge in [-0.3, -0.25) is 0 Å². The summed E-state index contributed by atoms with van der Waals surface area (Å²) in [4.78, 5) is 0. The monoisotopic (exact) mass is 230 g/mol. The van der Waals surface area contributed by atoms with Gasteiger partial charge in [0.2, 0.25) is 0 Å². The van der Waals surface area contributed by atoms with Crippen LogP contribution in [0.2, 0.25) is 0 Å². The molecule has 2 fully saturated rings. The van der Waals surface area contributed by atoms with Crippen molar-refractivity contribution in [3.63, 3.8) is 0 Å². The van der Waals surface area contributed by atoms with Crippen molar-refractivity contribution in [1.82, 2.24) is 0 Å². The van der Waals surface area contributed by atoms with E-state index in [2.05, 4.69) is 6.92 Å². The first kappa shape index (κ1) is 12.3. The van der Waals surface area contributed by atoms with Crippen LogP contribution in [0.15, 0.2) is 0 Å². The van der Waals surface area contributed by atoms with E-state index >= 15 is 0 Å². The Hall–Kier alpha value is -0.140. The minimum atomic E-state index is -1.21. The zero-order valence-electron chi connectivity index (χ0n) is 10.5. The molecule has 16 heavy (non-hydrogen) atoms. The summed E-state index contributed by atoms with van der Waals surface area (Å²) >= 11 is 0. The Morgan fingerprint density at radius 3 is 2.00 bits per heavy atom. The first-order chi connectivity index (χ1) is 7.59. The molecule has 0 aromatic heterocycles. The van der Waals surface area contributed by atoms with Crippen LogP contribution in [-0.4, -0.2) is 12.3 Å². The van der Waals surface area contributed by atoms with Gasteiger partial charge in [-0.15, -0.1) is 0 Å². The summed E-state index contributed by atoms with van der Waals surface area (Å²) in [6, 6.07) is 0. The van der Waals surface area contributed by atoms with Crippen molar-refractivity contribution in [2.45, 2.75) is 64.7 Å².